The predicted octanol–water partition coefficient (Wildman–Crippen LogP) is 2.14. The van der Waals surface area contributed by atoms with Gasteiger partial charge in [-0.25, -0.2) is 18.5 Å². The lowest BCUT2D eigenvalue weighted by atomic mass is 10.0. The lowest BCUT2D eigenvalue weighted by Crippen LogP contribution is -2.36. The number of aromatic nitrogens is 2. The van der Waals surface area contributed by atoms with Crippen molar-refractivity contribution in [1.29, 1.82) is 0 Å². The molecule has 0 bridgehead atoms. The van der Waals surface area contributed by atoms with Crippen LogP contribution in [0.3, 0.4) is 0 Å². The fraction of sp³-hybridized carbons (Fsp3) is 0.312. The van der Waals surface area contributed by atoms with Crippen molar-refractivity contribution in [3.63, 3.8) is 0 Å². The highest BCUT2D eigenvalue weighted by Gasteiger charge is 2.33. The lowest BCUT2D eigenvalue weighted by molar-refractivity contribution is -0.141. The van der Waals surface area contributed by atoms with E-state index in [2.05, 4.69) is 0 Å². The molecule has 0 aliphatic carbocycles. The van der Waals surface area contributed by atoms with Gasteiger partial charge in [-0.2, -0.15) is 13.2 Å². The van der Waals surface area contributed by atoms with Crippen LogP contribution < -0.4 is 11.2 Å². The molecule has 1 aromatic heterocycles. The molecule has 1 heterocycles. The minimum Gasteiger partial charge on any atom is -0.478 e. The molecule has 0 spiro atoms. The number of aromatic amines is 1. The van der Waals surface area contributed by atoms with Crippen molar-refractivity contribution < 1.29 is 27.5 Å². The molecule has 2 N–H and O–H groups in total. The minimum absolute atomic E-state index is 0.0704. The highest BCUT2D eigenvalue weighted by molar-refractivity contribution is 6.34. The first-order chi connectivity index (χ1) is 12.8. The second kappa shape index (κ2) is 7.76. The molecule has 0 fully saturated rings. The van der Waals surface area contributed by atoms with Crippen LogP contribution in [0.25, 0.3) is 5.69 Å². The molecule has 0 saturated carbocycles. The van der Waals surface area contributed by atoms with Gasteiger partial charge in [0.15, 0.2) is 5.82 Å². The summed E-state index contributed by atoms with van der Waals surface area (Å²) >= 11 is 5.96. The molecule has 0 unspecified atom stereocenters. The highest BCUT2D eigenvalue weighted by atomic mass is 35.5. The van der Waals surface area contributed by atoms with E-state index >= 15 is 0 Å². The molecule has 0 radical (unpaired) electrons. The molecule has 28 heavy (non-hydrogen) atoms. The number of hydrogen-bond acceptors (Lipinski definition) is 4. The third kappa shape index (κ3) is 4.25. The van der Waals surface area contributed by atoms with Crippen molar-refractivity contribution in [2.75, 3.05) is 20.6 Å². The second-order valence-corrected chi connectivity index (χ2v) is 6.45. The van der Waals surface area contributed by atoms with Crippen molar-refractivity contribution in [2.45, 2.75) is 12.6 Å². The zero-order valence-electron chi connectivity index (χ0n) is 14.5. The van der Waals surface area contributed by atoms with Gasteiger partial charge in [-0.15, -0.1) is 0 Å². The average Bonchev–Trinajstić information content (AvgIpc) is 2.54. The van der Waals surface area contributed by atoms with Crippen LogP contribution >= 0.6 is 11.6 Å². The molecule has 152 valence electrons. The van der Waals surface area contributed by atoms with Gasteiger partial charge in [0.05, 0.1) is 16.3 Å². The summed E-state index contributed by atoms with van der Waals surface area (Å²) in [4.78, 5) is 38.7. The fourth-order valence-corrected chi connectivity index (χ4v) is 2.74. The Morgan fingerprint density at radius 3 is 2.36 bits per heavy atom. The number of alkyl halides is 3. The Morgan fingerprint density at radius 1 is 1.29 bits per heavy atom. The molecular formula is C16H14ClF4N3O4. The largest absolute Gasteiger partial charge is 0.478 e. The standard InChI is InChI=1S/C16H14ClF4N3O4/c1-23(2)4-3-7-12(17)8(14(26)27)5-9(13(7)18)24-11(25)6-10(16(19,20)21)22-15(24)28/h5-6H,3-4H2,1-2H3,(H,22,28)(H,26,27). The lowest BCUT2D eigenvalue weighted by Gasteiger charge is -2.16. The van der Waals surface area contributed by atoms with E-state index in [0.29, 0.717) is 6.07 Å². The number of carboxylic acid groups (broad SMARTS) is 1. The SMILES string of the molecule is CN(C)CCc1c(F)c(-n2c(=O)cc(C(F)(F)F)[nH]c2=O)cc(C(=O)O)c1Cl. The number of nitrogens with one attached hydrogen (secondary N) is 1. The van der Waals surface area contributed by atoms with Crippen LogP contribution in [0.15, 0.2) is 21.7 Å². The Bertz CT molecular complexity index is 1010. The van der Waals surface area contributed by atoms with Crippen LogP contribution in [-0.2, 0) is 12.6 Å². The Kier molecular flexibility index (Phi) is 6.00. The highest BCUT2D eigenvalue weighted by Crippen LogP contribution is 2.30. The number of likely N-dealkylation sites (N-methyl/N-ethyl adjacent to an activating group) is 1. The van der Waals surface area contributed by atoms with Gasteiger partial charge < -0.3 is 15.0 Å². The van der Waals surface area contributed by atoms with E-state index in [4.69, 9.17) is 11.6 Å². The monoisotopic (exact) mass is 423 g/mol. The summed E-state index contributed by atoms with van der Waals surface area (Å²) in [5.41, 5.74) is -6.35. The topological polar surface area (TPSA) is 95.4 Å². The quantitative estimate of drug-likeness (QED) is 0.718. The van der Waals surface area contributed by atoms with E-state index in [1.807, 2.05) is 0 Å². The van der Waals surface area contributed by atoms with Gasteiger partial charge in [-0.1, -0.05) is 11.6 Å². The molecule has 2 rings (SSSR count). The summed E-state index contributed by atoms with van der Waals surface area (Å²) in [6.45, 7) is 0.247. The summed E-state index contributed by atoms with van der Waals surface area (Å²) in [6, 6.07) is 0.707. The van der Waals surface area contributed by atoms with E-state index in [9.17, 15) is 37.1 Å². The third-order valence-electron chi connectivity index (χ3n) is 3.79. The number of nitrogens with zero attached hydrogens (tertiary/aromatic N) is 2. The first kappa shape index (κ1) is 21.6. The fourth-order valence-electron chi connectivity index (χ4n) is 2.43. The molecule has 2 aromatic rings. The van der Waals surface area contributed by atoms with E-state index in [-0.39, 0.29) is 29.2 Å². The van der Waals surface area contributed by atoms with Crippen molar-refractivity contribution in [3.8, 4) is 5.69 Å². The van der Waals surface area contributed by atoms with Gasteiger partial charge in [0.25, 0.3) is 5.56 Å². The first-order valence-electron chi connectivity index (χ1n) is 7.67. The van der Waals surface area contributed by atoms with Crippen LogP contribution in [0.1, 0.15) is 21.6 Å². The van der Waals surface area contributed by atoms with Gasteiger partial charge in [-0.05, 0) is 26.6 Å². The van der Waals surface area contributed by atoms with E-state index < -0.39 is 51.2 Å². The molecule has 0 atom stereocenters. The maximum absolute atomic E-state index is 15.0. The minimum atomic E-state index is -5.00. The van der Waals surface area contributed by atoms with Gasteiger partial charge in [0.2, 0.25) is 0 Å². The molecule has 0 aliphatic heterocycles. The molecular weight excluding hydrogens is 410 g/mol. The van der Waals surface area contributed by atoms with E-state index in [0.717, 1.165) is 0 Å². The number of halogens is 5. The number of benzene rings is 1. The Balaban J connectivity index is 2.81. The molecule has 0 saturated heterocycles. The molecule has 7 nitrogen and oxygen atoms in total. The Labute approximate surface area is 159 Å². The number of rotatable bonds is 5. The summed E-state index contributed by atoms with van der Waals surface area (Å²) in [5.74, 6) is -2.74. The smallest absolute Gasteiger partial charge is 0.431 e. The average molecular weight is 424 g/mol. The number of H-pyrrole nitrogens is 1. The van der Waals surface area contributed by atoms with Gasteiger partial charge in [0.1, 0.15) is 5.69 Å². The van der Waals surface area contributed by atoms with Crippen molar-refractivity contribution in [3.05, 3.63) is 60.6 Å². The zero-order valence-corrected chi connectivity index (χ0v) is 15.3. The molecule has 0 amide bonds. The normalized spacial score (nSPS) is 11.9. The maximum Gasteiger partial charge on any atom is 0.431 e. The van der Waals surface area contributed by atoms with Crippen LogP contribution in [-0.4, -0.2) is 46.2 Å². The van der Waals surface area contributed by atoms with Crippen molar-refractivity contribution in [1.82, 2.24) is 14.5 Å². The van der Waals surface area contributed by atoms with Crippen molar-refractivity contribution in [2.24, 2.45) is 0 Å². The molecule has 1 aromatic carbocycles. The van der Waals surface area contributed by atoms with Gasteiger partial charge in [0, 0.05) is 18.2 Å². The number of carbonyl (C=O) groups is 1. The zero-order chi connectivity index (χ0) is 21.4. The van der Waals surface area contributed by atoms with Crippen LogP contribution in [0.4, 0.5) is 17.6 Å². The first-order valence-corrected chi connectivity index (χ1v) is 8.05. The predicted molar refractivity (Wildman–Crippen MR) is 91.8 cm³/mol. The van der Waals surface area contributed by atoms with Crippen LogP contribution in [0.5, 0.6) is 0 Å². The maximum atomic E-state index is 15.0. The van der Waals surface area contributed by atoms with E-state index in [1.165, 1.54) is 4.98 Å². The van der Waals surface area contributed by atoms with Gasteiger partial charge >= 0.3 is 17.8 Å². The molecule has 0 aliphatic rings. The second-order valence-electron chi connectivity index (χ2n) is 6.07. The summed E-state index contributed by atoms with van der Waals surface area (Å²) < 4.78 is 53.3. The summed E-state index contributed by atoms with van der Waals surface area (Å²) in [6.07, 6.45) is -5.07. The van der Waals surface area contributed by atoms with Crippen LogP contribution in [0.2, 0.25) is 5.02 Å². The summed E-state index contributed by atoms with van der Waals surface area (Å²) in [7, 11) is 3.33. The molecule has 12 heteroatoms. The number of carboxylic acids is 1. The van der Waals surface area contributed by atoms with Gasteiger partial charge in [-0.3, -0.25) is 4.79 Å². The number of hydrogen-bond donors (Lipinski definition) is 2. The Morgan fingerprint density at radius 2 is 1.89 bits per heavy atom. The van der Waals surface area contributed by atoms with E-state index in [1.54, 1.807) is 19.0 Å². The number of aromatic carboxylic acids is 1. The Hall–Kier alpha value is -2.66. The van der Waals surface area contributed by atoms with Crippen LogP contribution in [0, 0.1) is 5.82 Å². The van der Waals surface area contributed by atoms with Crippen molar-refractivity contribution >= 4 is 17.6 Å². The summed E-state index contributed by atoms with van der Waals surface area (Å²) in [5, 5.41) is 8.86. The third-order valence-corrected chi connectivity index (χ3v) is 4.22.